The van der Waals surface area contributed by atoms with Gasteiger partial charge in [0.1, 0.15) is 0 Å². The number of ether oxygens (including phenoxy) is 1. The van der Waals surface area contributed by atoms with Crippen LogP contribution >= 0.6 is 0 Å². The van der Waals surface area contributed by atoms with Gasteiger partial charge < -0.3 is 15.2 Å². The first-order valence-electron chi connectivity index (χ1n) is 7.73. The Morgan fingerprint density at radius 1 is 1.33 bits per heavy atom. The van der Waals surface area contributed by atoms with E-state index in [0.29, 0.717) is 19.4 Å². The molecule has 3 atom stereocenters. The molecule has 1 amide bonds. The summed E-state index contributed by atoms with van der Waals surface area (Å²) in [6, 6.07) is 10.3. The highest BCUT2D eigenvalue weighted by molar-refractivity contribution is 5.78. The van der Waals surface area contributed by atoms with Crippen molar-refractivity contribution in [3.05, 3.63) is 35.9 Å². The molecule has 0 radical (unpaired) electrons. The van der Waals surface area contributed by atoms with Crippen molar-refractivity contribution < 1.29 is 14.6 Å². The number of aliphatic hydroxyl groups excluding tert-OH is 1. The van der Waals surface area contributed by atoms with Crippen LogP contribution < -0.4 is 5.32 Å². The van der Waals surface area contributed by atoms with E-state index >= 15 is 0 Å². The summed E-state index contributed by atoms with van der Waals surface area (Å²) in [5.74, 6) is 0.0621. The van der Waals surface area contributed by atoms with Crippen LogP contribution in [0.15, 0.2) is 30.3 Å². The SMILES string of the molecule is CO[C@@H]1C[C@H](C(=O)NCCCc2ccccc2)CC[C@@H]1O. The normalized spacial score (nSPS) is 25.5. The molecule has 21 heavy (non-hydrogen) atoms. The predicted octanol–water partition coefficient (Wildman–Crippen LogP) is 1.91. The highest BCUT2D eigenvalue weighted by atomic mass is 16.5. The summed E-state index contributed by atoms with van der Waals surface area (Å²) in [5, 5.41) is 12.8. The van der Waals surface area contributed by atoms with Gasteiger partial charge in [-0.25, -0.2) is 0 Å². The Hall–Kier alpha value is -1.39. The second kappa shape index (κ2) is 8.15. The maximum absolute atomic E-state index is 12.1. The summed E-state index contributed by atoms with van der Waals surface area (Å²) in [6.07, 6.45) is 3.27. The van der Waals surface area contributed by atoms with Crippen LogP contribution in [-0.2, 0) is 16.0 Å². The van der Waals surface area contributed by atoms with Crippen LogP contribution in [0.5, 0.6) is 0 Å². The Bertz CT molecular complexity index is 435. The van der Waals surface area contributed by atoms with E-state index in [0.717, 1.165) is 19.3 Å². The molecule has 0 spiro atoms. The number of carbonyl (C=O) groups is 1. The Labute approximate surface area is 126 Å². The van der Waals surface area contributed by atoms with Gasteiger partial charge in [0.15, 0.2) is 0 Å². The first-order chi connectivity index (χ1) is 10.2. The van der Waals surface area contributed by atoms with Crippen molar-refractivity contribution >= 4 is 5.91 Å². The van der Waals surface area contributed by atoms with E-state index in [1.807, 2.05) is 18.2 Å². The van der Waals surface area contributed by atoms with Crippen LogP contribution in [-0.4, -0.2) is 36.9 Å². The molecular formula is C17H25NO3. The highest BCUT2D eigenvalue weighted by Crippen LogP contribution is 2.26. The molecule has 0 bridgehead atoms. The molecule has 0 aliphatic heterocycles. The van der Waals surface area contributed by atoms with Crippen molar-refractivity contribution in [3.63, 3.8) is 0 Å². The topological polar surface area (TPSA) is 58.6 Å². The summed E-state index contributed by atoms with van der Waals surface area (Å²) in [5.41, 5.74) is 1.30. The van der Waals surface area contributed by atoms with Crippen LogP contribution in [0.4, 0.5) is 0 Å². The van der Waals surface area contributed by atoms with E-state index in [1.165, 1.54) is 5.56 Å². The molecule has 1 aromatic carbocycles. The molecule has 2 N–H and O–H groups in total. The van der Waals surface area contributed by atoms with Crippen molar-refractivity contribution in [2.75, 3.05) is 13.7 Å². The van der Waals surface area contributed by atoms with Gasteiger partial charge in [0.05, 0.1) is 12.2 Å². The van der Waals surface area contributed by atoms with Crippen molar-refractivity contribution in [2.24, 2.45) is 5.92 Å². The second-order valence-corrected chi connectivity index (χ2v) is 5.73. The molecule has 4 heteroatoms. The van der Waals surface area contributed by atoms with Crippen molar-refractivity contribution in [3.8, 4) is 0 Å². The first-order valence-corrected chi connectivity index (χ1v) is 7.73. The Morgan fingerprint density at radius 3 is 2.81 bits per heavy atom. The molecule has 4 nitrogen and oxygen atoms in total. The standard InChI is InChI=1S/C17H25NO3/c1-21-16-12-14(9-10-15(16)19)17(20)18-11-5-8-13-6-3-2-4-7-13/h2-4,6-7,14-16,19H,5,8-12H2,1H3,(H,18,20)/t14-,15+,16-/m1/s1. The third kappa shape index (κ3) is 4.83. The maximum atomic E-state index is 12.1. The highest BCUT2D eigenvalue weighted by Gasteiger charge is 2.32. The van der Waals surface area contributed by atoms with E-state index in [1.54, 1.807) is 7.11 Å². The maximum Gasteiger partial charge on any atom is 0.223 e. The number of aliphatic hydroxyl groups is 1. The third-order valence-corrected chi connectivity index (χ3v) is 4.21. The summed E-state index contributed by atoms with van der Waals surface area (Å²) < 4.78 is 5.24. The smallest absolute Gasteiger partial charge is 0.223 e. The summed E-state index contributed by atoms with van der Waals surface area (Å²) in [4.78, 5) is 12.1. The largest absolute Gasteiger partial charge is 0.390 e. The summed E-state index contributed by atoms with van der Waals surface area (Å²) in [7, 11) is 1.59. The van der Waals surface area contributed by atoms with Gasteiger partial charge >= 0.3 is 0 Å². The van der Waals surface area contributed by atoms with Crippen LogP contribution in [0.25, 0.3) is 0 Å². The fourth-order valence-electron chi connectivity index (χ4n) is 2.90. The monoisotopic (exact) mass is 291 g/mol. The molecule has 1 aliphatic rings. The molecule has 1 saturated carbocycles. The molecule has 0 aromatic heterocycles. The van der Waals surface area contributed by atoms with Gasteiger partial charge in [-0.2, -0.15) is 0 Å². The lowest BCUT2D eigenvalue weighted by Gasteiger charge is -2.31. The van der Waals surface area contributed by atoms with Gasteiger partial charge in [-0.15, -0.1) is 0 Å². The molecule has 1 aromatic rings. The van der Waals surface area contributed by atoms with E-state index in [2.05, 4.69) is 17.4 Å². The van der Waals surface area contributed by atoms with Crippen molar-refractivity contribution in [2.45, 2.75) is 44.3 Å². The number of aryl methyl sites for hydroxylation is 1. The lowest BCUT2D eigenvalue weighted by molar-refractivity contribution is -0.130. The fraction of sp³-hybridized carbons (Fsp3) is 0.588. The molecular weight excluding hydrogens is 266 g/mol. The number of methoxy groups -OCH3 is 1. The van der Waals surface area contributed by atoms with Gasteiger partial charge in [-0.3, -0.25) is 4.79 Å². The molecule has 0 heterocycles. The van der Waals surface area contributed by atoms with Gasteiger partial charge in [0.2, 0.25) is 5.91 Å². The summed E-state index contributed by atoms with van der Waals surface area (Å²) in [6.45, 7) is 0.699. The average molecular weight is 291 g/mol. The lowest BCUT2D eigenvalue weighted by Crippen LogP contribution is -2.41. The number of hydrogen-bond donors (Lipinski definition) is 2. The minimum atomic E-state index is -0.433. The van der Waals surface area contributed by atoms with Crippen molar-refractivity contribution in [1.29, 1.82) is 0 Å². The quantitative estimate of drug-likeness (QED) is 0.787. The lowest BCUT2D eigenvalue weighted by atomic mass is 9.84. The molecule has 1 fully saturated rings. The minimum Gasteiger partial charge on any atom is -0.390 e. The number of nitrogens with one attached hydrogen (secondary N) is 1. The third-order valence-electron chi connectivity index (χ3n) is 4.21. The first kappa shape index (κ1) is 16.0. The molecule has 0 saturated heterocycles. The van der Waals surface area contributed by atoms with Crippen molar-refractivity contribution in [1.82, 2.24) is 5.32 Å². The van der Waals surface area contributed by atoms with E-state index in [-0.39, 0.29) is 17.9 Å². The molecule has 0 unspecified atom stereocenters. The molecule has 116 valence electrons. The summed E-state index contributed by atoms with van der Waals surface area (Å²) >= 11 is 0. The van der Waals surface area contributed by atoms with Crippen LogP contribution in [0.3, 0.4) is 0 Å². The second-order valence-electron chi connectivity index (χ2n) is 5.73. The Balaban J connectivity index is 1.67. The molecule has 2 rings (SSSR count). The Morgan fingerprint density at radius 2 is 2.10 bits per heavy atom. The fourth-order valence-corrected chi connectivity index (χ4v) is 2.90. The van der Waals surface area contributed by atoms with Crippen LogP contribution in [0.1, 0.15) is 31.2 Å². The Kier molecular flexibility index (Phi) is 6.21. The van der Waals surface area contributed by atoms with Gasteiger partial charge in [0.25, 0.3) is 0 Å². The van der Waals surface area contributed by atoms with Crippen LogP contribution in [0.2, 0.25) is 0 Å². The van der Waals surface area contributed by atoms with E-state index in [4.69, 9.17) is 4.74 Å². The number of carbonyl (C=O) groups excluding carboxylic acids is 1. The van der Waals surface area contributed by atoms with Gasteiger partial charge in [-0.1, -0.05) is 30.3 Å². The van der Waals surface area contributed by atoms with Gasteiger partial charge in [-0.05, 0) is 37.7 Å². The number of rotatable bonds is 6. The predicted molar refractivity (Wildman–Crippen MR) is 81.9 cm³/mol. The van der Waals surface area contributed by atoms with E-state index in [9.17, 15) is 9.90 Å². The number of amides is 1. The number of benzene rings is 1. The zero-order valence-electron chi connectivity index (χ0n) is 12.6. The zero-order valence-corrected chi connectivity index (χ0v) is 12.6. The number of hydrogen-bond acceptors (Lipinski definition) is 3. The average Bonchev–Trinajstić information content (AvgIpc) is 2.53. The van der Waals surface area contributed by atoms with E-state index < -0.39 is 6.10 Å². The van der Waals surface area contributed by atoms with Gasteiger partial charge in [0, 0.05) is 19.6 Å². The molecule has 1 aliphatic carbocycles. The minimum absolute atomic E-state index is 0.0323. The zero-order chi connectivity index (χ0) is 15.1. The van der Waals surface area contributed by atoms with Crippen LogP contribution in [0, 0.1) is 5.92 Å².